The zero-order valence-corrected chi connectivity index (χ0v) is 14.1. The Morgan fingerprint density at radius 3 is 2.14 bits per heavy atom. The van der Waals surface area contributed by atoms with Gasteiger partial charge in [0, 0.05) is 30.9 Å². The molecule has 0 spiro atoms. The van der Waals surface area contributed by atoms with Crippen molar-refractivity contribution in [1.29, 1.82) is 0 Å². The molecule has 0 atom stereocenters. The molecule has 0 amide bonds. The topological polar surface area (TPSA) is 47.5 Å². The number of hydrogen-bond donors (Lipinski definition) is 0. The minimum Gasteiger partial charge on any atom is -0.399 e. The first kappa shape index (κ1) is 13.3. The molecule has 0 radical (unpaired) electrons. The summed E-state index contributed by atoms with van der Waals surface area (Å²) in [5, 5.41) is 0. The zero-order chi connectivity index (χ0) is 17.7. The number of piperidine rings is 1. The first-order valence-corrected chi connectivity index (χ1v) is 8.06. The van der Waals surface area contributed by atoms with E-state index in [-0.39, 0.29) is 12.3 Å². The van der Waals surface area contributed by atoms with Crippen molar-refractivity contribution in [2.45, 2.75) is 58.7 Å². The minimum absolute atomic E-state index is 0.0159. The number of anilines is 1. The van der Waals surface area contributed by atoms with Crippen LogP contribution in [0.5, 0.6) is 0 Å². The molecule has 2 aliphatic rings. The van der Waals surface area contributed by atoms with E-state index in [9.17, 15) is 0 Å². The molecular weight excluding hydrogens is 277 g/mol. The summed E-state index contributed by atoms with van der Waals surface area (Å²) in [4.78, 5) is 10.7. The normalized spacial score (nSPS) is 26.0. The predicted molar refractivity (Wildman–Crippen MR) is 88.4 cm³/mol. The Hall–Kier alpha value is -1.14. The zero-order valence-electron chi connectivity index (χ0n) is 16.1. The molecule has 0 N–H and O–H groups in total. The second-order valence-corrected chi connectivity index (χ2v) is 7.42. The van der Waals surface area contributed by atoms with Gasteiger partial charge >= 0.3 is 7.12 Å². The van der Waals surface area contributed by atoms with Crippen molar-refractivity contribution in [1.82, 2.24) is 9.97 Å². The third-order valence-electron chi connectivity index (χ3n) is 5.11. The molecule has 2 saturated heterocycles. The Bertz CT molecular complexity index is 595. The third-order valence-corrected chi connectivity index (χ3v) is 5.11. The molecule has 1 aromatic rings. The van der Waals surface area contributed by atoms with Crippen LogP contribution < -0.4 is 10.4 Å². The molecule has 3 heterocycles. The van der Waals surface area contributed by atoms with E-state index in [0.717, 1.165) is 25.9 Å². The molecule has 0 aliphatic carbocycles. The van der Waals surface area contributed by atoms with Crippen LogP contribution >= 0.6 is 0 Å². The van der Waals surface area contributed by atoms with Crippen LogP contribution in [0.1, 0.15) is 50.2 Å². The van der Waals surface area contributed by atoms with Gasteiger partial charge in [-0.1, -0.05) is 6.92 Å². The third kappa shape index (κ3) is 2.86. The molecule has 1 aromatic heterocycles. The van der Waals surface area contributed by atoms with Gasteiger partial charge in [0.2, 0.25) is 5.95 Å². The van der Waals surface area contributed by atoms with Crippen LogP contribution in [0.3, 0.4) is 0 Å². The summed E-state index contributed by atoms with van der Waals surface area (Å²) in [6, 6.07) is 0. The van der Waals surface area contributed by atoms with Gasteiger partial charge in [0.15, 0.2) is 0 Å². The van der Waals surface area contributed by atoms with E-state index in [1.807, 2.05) is 27.7 Å². The lowest BCUT2D eigenvalue weighted by atomic mass is 9.81. The molecule has 3 rings (SSSR count). The Kier molecular flexibility index (Phi) is 3.33. The van der Waals surface area contributed by atoms with Gasteiger partial charge in [-0.2, -0.15) is 0 Å². The Balaban J connectivity index is 1.86. The first-order chi connectivity index (χ1) is 11.1. The van der Waals surface area contributed by atoms with Gasteiger partial charge in [-0.25, -0.2) is 9.97 Å². The number of nitrogens with zero attached hydrogens (tertiary/aromatic N) is 3. The highest BCUT2D eigenvalue weighted by atomic mass is 16.7. The van der Waals surface area contributed by atoms with Crippen LogP contribution in [0.2, 0.25) is 0 Å². The van der Waals surface area contributed by atoms with Crippen molar-refractivity contribution in [3.63, 3.8) is 0 Å². The van der Waals surface area contributed by atoms with Gasteiger partial charge in [-0.3, -0.25) is 0 Å². The summed E-state index contributed by atoms with van der Waals surface area (Å²) in [6.45, 7) is 11.8. The van der Waals surface area contributed by atoms with E-state index in [2.05, 4.69) is 21.8 Å². The van der Waals surface area contributed by atoms with Crippen LogP contribution in [0, 0.1) is 5.92 Å². The quantitative estimate of drug-likeness (QED) is 0.782. The maximum absolute atomic E-state index is 8.28. The van der Waals surface area contributed by atoms with Gasteiger partial charge < -0.3 is 14.2 Å². The molecule has 0 bridgehead atoms. The van der Waals surface area contributed by atoms with Crippen molar-refractivity contribution >= 4 is 18.5 Å². The summed E-state index contributed by atoms with van der Waals surface area (Å²) in [5.74, 6) is 1.17. The second-order valence-electron chi connectivity index (χ2n) is 7.42. The van der Waals surface area contributed by atoms with Crippen LogP contribution in [0.15, 0.2) is 12.3 Å². The molecule has 0 unspecified atom stereocenters. The summed E-state index contributed by atoms with van der Waals surface area (Å²) < 4.78 is 28.5. The number of aromatic nitrogens is 2. The van der Waals surface area contributed by atoms with Gasteiger partial charge in [0.05, 0.1) is 13.9 Å². The fraction of sp³-hybridized carbons (Fsp3) is 0.750. The Morgan fingerprint density at radius 1 is 1.14 bits per heavy atom. The molecule has 120 valence electrons. The fourth-order valence-corrected chi connectivity index (χ4v) is 2.69. The van der Waals surface area contributed by atoms with E-state index < -0.39 is 18.3 Å². The minimum atomic E-state index is -0.773. The van der Waals surface area contributed by atoms with Crippen molar-refractivity contribution in [3.05, 3.63) is 12.3 Å². The highest BCUT2D eigenvalue weighted by Gasteiger charge is 2.51. The maximum atomic E-state index is 8.28. The lowest BCUT2D eigenvalue weighted by Crippen LogP contribution is -2.41. The van der Waals surface area contributed by atoms with Crippen molar-refractivity contribution in [2.75, 3.05) is 18.0 Å². The Morgan fingerprint density at radius 2 is 1.64 bits per heavy atom. The lowest BCUT2D eigenvalue weighted by molar-refractivity contribution is 0.00578. The average Bonchev–Trinajstić information content (AvgIpc) is 2.66. The van der Waals surface area contributed by atoms with E-state index >= 15 is 0 Å². The molecule has 0 aromatic carbocycles. The van der Waals surface area contributed by atoms with Gasteiger partial charge in [-0.05, 0) is 46.5 Å². The summed E-state index contributed by atoms with van der Waals surface area (Å²) in [6.07, 6.45) is 2.20. The second kappa shape index (κ2) is 5.50. The maximum Gasteiger partial charge on any atom is 0.498 e. The number of rotatable bonds is 2. The van der Waals surface area contributed by atoms with Gasteiger partial charge in [-0.15, -0.1) is 0 Å². The van der Waals surface area contributed by atoms with Gasteiger partial charge in [0.25, 0.3) is 0 Å². The van der Waals surface area contributed by atoms with Crippen molar-refractivity contribution < 1.29 is 12.1 Å². The van der Waals surface area contributed by atoms with E-state index in [0.29, 0.717) is 17.3 Å². The monoisotopic (exact) mass is 305 g/mol. The average molecular weight is 305 g/mol. The van der Waals surface area contributed by atoms with E-state index in [4.69, 9.17) is 12.1 Å². The predicted octanol–water partition coefficient (Wildman–Crippen LogP) is 2.01. The molecule has 2 aliphatic heterocycles. The van der Waals surface area contributed by atoms with Crippen LogP contribution in [-0.4, -0.2) is 41.4 Å². The molecule has 6 heteroatoms. The summed E-state index contributed by atoms with van der Waals surface area (Å²) in [5.41, 5.74) is -0.723. The SMILES string of the molecule is [2H]c1nc(N2CCC(C)CC2)nc([2H])c1B1OC(C)(C)C(C)(C)O1. The number of hydrogen-bond acceptors (Lipinski definition) is 5. The van der Waals surface area contributed by atoms with Crippen LogP contribution in [0.25, 0.3) is 0 Å². The largest absolute Gasteiger partial charge is 0.498 e. The van der Waals surface area contributed by atoms with E-state index in [1.165, 1.54) is 0 Å². The van der Waals surface area contributed by atoms with Crippen LogP contribution in [0.4, 0.5) is 5.95 Å². The van der Waals surface area contributed by atoms with Gasteiger partial charge in [0.1, 0.15) is 0 Å². The van der Waals surface area contributed by atoms with E-state index in [1.54, 1.807) is 0 Å². The highest BCUT2D eigenvalue weighted by Crippen LogP contribution is 2.36. The Labute approximate surface area is 136 Å². The lowest BCUT2D eigenvalue weighted by Gasteiger charge is -2.32. The molecule has 2 fully saturated rings. The smallest absolute Gasteiger partial charge is 0.399 e. The van der Waals surface area contributed by atoms with Crippen molar-refractivity contribution in [3.8, 4) is 0 Å². The fourth-order valence-electron chi connectivity index (χ4n) is 2.69. The van der Waals surface area contributed by atoms with Crippen LogP contribution in [-0.2, 0) is 9.31 Å². The molecular formula is C16H26BN3O2. The molecule has 0 saturated carbocycles. The first-order valence-electron chi connectivity index (χ1n) is 9.06. The molecule has 5 nitrogen and oxygen atoms in total. The standard InChI is InChI=1S/C16H26BN3O2/c1-12-6-8-20(9-7-12)14-18-10-13(11-19-14)17-21-15(2,3)16(4,5)22-17/h10-12H,6-9H2,1-5H3/i10D,11D. The highest BCUT2D eigenvalue weighted by molar-refractivity contribution is 6.61. The molecule has 22 heavy (non-hydrogen) atoms. The summed E-state index contributed by atoms with van der Waals surface area (Å²) in [7, 11) is -0.773. The summed E-state index contributed by atoms with van der Waals surface area (Å²) >= 11 is 0. The van der Waals surface area contributed by atoms with Crippen molar-refractivity contribution in [2.24, 2.45) is 5.92 Å².